The molecule has 2 aliphatic heterocycles. The molecule has 0 spiro atoms. The minimum atomic E-state index is -0.402. The SMILES string of the molecule is O=C(c1cnc2ccccc2c1)N1CC[C@H](O)[C@@H](N2CCOCC2)CC1. The Morgan fingerprint density at radius 2 is 1.88 bits per heavy atom. The van der Waals surface area contributed by atoms with Crippen LogP contribution >= 0.6 is 0 Å². The number of morpholine rings is 1. The van der Waals surface area contributed by atoms with Gasteiger partial charge in [-0.25, -0.2) is 0 Å². The summed E-state index contributed by atoms with van der Waals surface area (Å²) >= 11 is 0. The number of para-hydroxylation sites is 1. The Morgan fingerprint density at radius 3 is 2.73 bits per heavy atom. The van der Waals surface area contributed by atoms with Gasteiger partial charge in [0.25, 0.3) is 5.91 Å². The molecule has 0 aliphatic carbocycles. The van der Waals surface area contributed by atoms with E-state index in [1.54, 1.807) is 6.20 Å². The average Bonchev–Trinajstić information content (AvgIpc) is 2.89. The number of hydrogen-bond acceptors (Lipinski definition) is 5. The van der Waals surface area contributed by atoms with Crippen LogP contribution in [0.4, 0.5) is 0 Å². The van der Waals surface area contributed by atoms with Crippen LogP contribution in [0.5, 0.6) is 0 Å². The average molecular weight is 355 g/mol. The van der Waals surface area contributed by atoms with E-state index in [0.29, 0.717) is 38.3 Å². The molecule has 1 aromatic carbocycles. The smallest absolute Gasteiger partial charge is 0.255 e. The van der Waals surface area contributed by atoms with E-state index >= 15 is 0 Å². The van der Waals surface area contributed by atoms with Crippen molar-refractivity contribution in [3.8, 4) is 0 Å². The van der Waals surface area contributed by atoms with Crippen LogP contribution in [0.3, 0.4) is 0 Å². The van der Waals surface area contributed by atoms with Crippen LogP contribution in [-0.2, 0) is 4.74 Å². The molecule has 6 nitrogen and oxygen atoms in total. The van der Waals surface area contributed by atoms with E-state index in [-0.39, 0.29) is 11.9 Å². The highest BCUT2D eigenvalue weighted by Gasteiger charge is 2.32. The largest absolute Gasteiger partial charge is 0.391 e. The monoisotopic (exact) mass is 355 g/mol. The molecule has 0 unspecified atom stereocenters. The highest BCUT2D eigenvalue weighted by Crippen LogP contribution is 2.21. The van der Waals surface area contributed by atoms with Crippen molar-refractivity contribution in [1.29, 1.82) is 0 Å². The normalized spacial score (nSPS) is 25.2. The summed E-state index contributed by atoms with van der Waals surface area (Å²) in [4.78, 5) is 21.5. The number of aliphatic hydroxyl groups is 1. The summed E-state index contributed by atoms with van der Waals surface area (Å²) in [6, 6.07) is 9.82. The molecule has 4 rings (SSSR count). The van der Waals surface area contributed by atoms with Crippen LogP contribution in [0, 0.1) is 0 Å². The van der Waals surface area contributed by atoms with Gasteiger partial charge >= 0.3 is 0 Å². The van der Waals surface area contributed by atoms with Crippen LogP contribution < -0.4 is 0 Å². The first-order valence-corrected chi connectivity index (χ1v) is 9.36. The van der Waals surface area contributed by atoms with Crippen LogP contribution in [0.2, 0.25) is 0 Å². The lowest BCUT2D eigenvalue weighted by Gasteiger charge is -2.36. The molecule has 1 N–H and O–H groups in total. The van der Waals surface area contributed by atoms with Crippen molar-refractivity contribution in [1.82, 2.24) is 14.8 Å². The molecule has 0 radical (unpaired) electrons. The number of nitrogens with zero attached hydrogens (tertiary/aromatic N) is 3. The summed E-state index contributed by atoms with van der Waals surface area (Å²) in [7, 11) is 0. The third-order valence-electron chi connectivity index (χ3n) is 5.47. The Morgan fingerprint density at radius 1 is 1.12 bits per heavy atom. The number of hydrogen-bond donors (Lipinski definition) is 1. The molecule has 2 aromatic rings. The fraction of sp³-hybridized carbons (Fsp3) is 0.500. The van der Waals surface area contributed by atoms with Gasteiger partial charge in [0.15, 0.2) is 0 Å². The molecular formula is C20H25N3O3. The van der Waals surface area contributed by atoms with Gasteiger partial charge < -0.3 is 14.7 Å². The Balaban J connectivity index is 1.47. The molecule has 3 heterocycles. The van der Waals surface area contributed by atoms with E-state index in [9.17, 15) is 9.90 Å². The van der Waals surface area contributed by atoms with Gasteiger partial charge in [-0.1, -0.05) is 18.2 Å². The number of benzene rings is 1. The van der Waals surface area contributed by atoms with Gasteiger partial charge in [-0.05, 0) is 25.0 Å². The molecule has 138 valence electrons. The number of carbonyl (C=O) groups excluding carboxylic acids is 1. The van der Waals surface area contributed by atoms with Crippen molar-refractivity contribution < 1.29 is 14.6 Å². The first kappa shape index (κ1) is 17.4. The predicted octanol–water partition coefficient (Wildman–Crippen LogP) is 1.53. The number of ether oxygens (including phenoxy) is 1. The second-order valence-corrected chi connectivity index (χ2v) is 7.07. The van der Waals surface area contributed by atoms with Gasteiger partial charge in [-0.2, -0.15) is 0 Å². The van der Waals surface area contributed by atoms with Crippen molar-refractivity contribution in [3.05, 3.63) is 42.1 Å². The standard InChI is InChI=1S/C20H25N3O3/c24-19-6-8-23(7-5-18(19)22-9-11-26-12-10-22)20(25)16-13-15-3-1-2-4-17(15)21-14-16/h1-4,13-14,18-19,24H,5-12H2/t18-,19-/m0/s1. The van der Waals surface area contributed by atoms with Gasteiger partial charge in [0.1, 0.15) is 0 Å². The fourth-order valence-electron chi connectivity index (χ4n) is 3.98. The van der Waals surface area contributed by atoms with Gasteiger partial charge in [0, 0.05) is 43.8 Å². The van der Waals surface area contributed by atoms with Crippen molar-refractivity contribution in [2.75, 3.05) is 39.4 Å². The van der Waals surface area contributed by atoms with Crippen molar-refractivity contribution in [2.45, 2.75) is 25.0 Å². The zero-order chi connectivity index (χ0) is 17.9. The highest BCUT2D eigenvalue weighted by molar-refractivity contribution is 5.97. The van der Waals surface area contributed by atoms with E-state index in [4.69, 9.17) is 4.74 Å². The van der Waals surface area contributed by atoms with Crippen molar-refractivity contribution >= 4 is 16.8 Å². The molecule has 2 saturated heterocycles. The van der Waals surface area contributed by atoms with Gasteiger partial charge in [-0.3, -0.25) is 14.7 Å². The molecule has 26 heavy (non-hydrogen) atoms. The van der Waals surface area contributed by atoms with Gasteiger partial charge in [0.2, 0.25) is 0 Å². The number of likely N-dealkylation sites (tertiary alicyclic amines) is 1. The lowest BCUT2D eigenvalue weighted by molar-refractivity contribution is -0.0222. The lowest BCUT2D eigenvalue weighted by Crippen LogP contribution is -2.49. The molecule has 1 amide bonds. The van der Waals surface area contributed by atoms with Crippen LogP contribution in [-0.4, -0.2) is 77.3 Å². The maximum atomic E-state index is 13.0. The summed E-state index contributed by atoms with van der Waals surface area (Å²) in [5, 5.41) is 11.6. The summed E-state index contributed by atoms with van der Waals surface area (Å²) in [6.07, 6.45) is 2.65. The zero-order valence-corrected chi connectivity index (χ0v) is 14.9. The summed E-state index contributed by atoms with van der Waals surface area (Å²) in [5.74, 6) is -0.00178. The maximum absolute atomic E-state index is 13.0. The first-order valence-electron chi connectivity index (χ1n) is 9.36. The summed E-state index contributed by atoms with van der Waals surface area (Å²) < 4.78 is 5.41. The van der Waals surface area contributed by atoms with E-state index in [1.807, 2.05) is 35.2 Å². The fourth-order valence-corrected chi connectivity index (χ4v) is 3.98. The highest BCUT2D eigenvalue weighted by atomic mass is 16.5. The number of carbonyl (C=O) groups is 1. The third-order valence-corrected chi connectivity index (χ3v) is 5.47. The van der Waals surface area contributed by atoms with Crippen LogP contribution in [0.15, 0.2) is 36.5 Å². The van der Waals surface area contributed by atoms with Gasteiger partial charge in [0.05, 0.1) is 30.4 Å². The summed E-state index contributed by atoms with van der Waals surface area (Å²) in [6.45, 7) is 4.37. The molecule has 1 aromatic heterocycles. The Kier molecular flexibility index (Phi) is 5.15. The van der Waals surface area contributed by atoms with Crippen molar-refractivity contribution in [2.24, 2.45) is 0 Å². The summed E-state index contributed by atoms with van der Waals surface area (Å²) in [5.41, 5.74) is 1.51. The van der Waals surface area contributed by atoms with Gasteiger partial charge in [-0.15, -0.1) is 0 Å². The van der Waals surface area contributed by atoms with Crippen molar-refractivity contribution in [3.63, 3.8) is 0 Å². The Bertz CT molecular complexity index is 776. The molecular weight excluding hydrogens is 330 g/mol. The first-order chi connectivity index (χ1) is 12.7. The van der Waals surface area contributed by atoms with E-state index < -0.39 is 6.10 Å². The van der Waals surface area contributed by atoms with E-state index in [2.05, 4.69) is 9.88 Å². The molecule has 0 bridgehead atoms. The van der Waals surface area contributed by atoms with E-state index in [1.165, 1.54) is 0 Å². The minimum Gasteiger partial charge on any atom is -0.391 e. The number of aromatic nitrogens is 1. The molecule has 2 fully saturated rings. The minimum absolute atomic E-state index is 0.00178. The zero-order valence-electron chi connectivity index (χ0n) is 14.9. The van der Waals surface area contributed by atoms with Crippen LogP contribution in [0.25, 0.3) is 10.9 Å². The van der Waals surface area contributed by atoms with Crippen LogP contribution in [0.1, 0.15) is 23.2 Å². The Labute approximate surface area is 153 Å². The molecule has 0 saturated carbocycles. The van der Waals surface area contributed by atoms with E-state index in [0.717, 1.165) is 30.4 Å². The maximum Gasteiger partial charge on any atom is 0.255 e. The third kappa shape index (κ3) is 3.58. The predicted molar refractivity (Wildman–Crippen MR) is 99.1 cm³/mol. The molecule has 6 heteroatoms. The topological polar surface area (TPSA) is 65.9 Å². The number of rotatable bonds is 2. The number of pyridine rings is 1. The quantitative estimate of drug-likeness (QED) is 0.885. The number of amides is 1. The lowest BCUT2D eigenvalue weighted by atomic mass is 10.0. The molecule has 2 atom stereocenters. The Hall–Kier alpha value is -2.02. The number of fused-ring (bicyclic) bond motifs is 1. The second-order valence-electron chi connectivity index (χ2n) is 7.07. The second kappa shape index (κ2) is 7.70. The molecule has 2 aliphatic rings. The number of aliphatic hydroxyl groups excluding tert-OH is 1.